The van der Waals surface area contributed by atoms with Crippen LogP contribution in [0.1, 0.15) is 123 Å². The van der Waals surface area contributed by atoms with Crippen LogP contribution in [-0.2, 0) is 47.9 Å². The normalized spacial score (nSPS) is 13.1. The highest BCUT2D eigenvalue weighted by atomic mass is 32.2. The van der Waals surface area contributed by atoms with E-state index in [2.05, 4.69) is 106 Å². The molecule has 12 N–H and O–H groups in total. The lowest BCUT2D eigenvalue weighted by molar-refractivity contribution is -0.143. The summed E-state index contributed by atoms with van der Waals surface area (Å²) < 4.78 is 12.3. The number of allylic oxidation sites excluding steroid dienone is 4. The van der Waals surface area contributed by atoms with E-state index < -0.39 is 79.4 Å². The first-order chi connectivity index (χ1) is 41.3. The van der Waals surface area contributed by atoms with Crippen molar-refractivity contribution < 1.29 is 82.2 Å². The molecule has 3 aromatic rings. The molecule has 480 valence electrons. The molecule has 0 bridgehead atoms. The molecule has 7 amide bonds. The van der Waals surface area contributed by atoms with Crippen molar-refractivity contribution in [3.05, 3.63) is 94.4 Å². The van der Waals surface area contributed by atoms with Crippen LogP contribution in [-0.4, -0.2) is 161 Å². The summed E-state index contributed by atoms with van der Waals surface area (Å²) in [5.74, 6) is -7.86. The maximum atomic E-state index is 12.3. The summed E-state index contributed by atoms with van der Waals surface area (Å²) in [4.78, 5) is 126. The van der Waals surface area contributed by atoms with Gasteiger partial charge in [-0.05, 0) is 124 Å². The van der Waals surface area contributed by atoms with Crippen molar-refractivity contribution in [2.24, 2.45) is 5.92 Å². The van der Waals surface area contributed by atoms with E-state index in [0.29, 0.717) is 29.9 Å². The third kappa shape index (κ3) is 34.4. The molecule has 1 saturated carbocycles. The molecule has 0 heterocycles. The fourth-order valence-corrected chi connectivity index (χ4v) is 8.48. The smallest absolute Gasteiger partial charge is 0.326 e. The molecule has 2 atom stereocenters. The van der Waals surface area contributed by atoms with E-state index in [1.807, 2.05) is 19.9 Å². The van der Waals surface area contributed by atoms with Crippen molar-refractivity contribution in [2.45, 2.75) is 137 Å². The number of likely N-dealkylation sites (N-methyl/N-ethyl adjacent to an activating group) is 1. The van der Waals surface area contributed by atoms with Crippen LogP contribution in [0.3, 0.4) is 0 Å². The number of benzene rings is 3. The number of amides is 7. The van der Waals surface area contributed by atoms with Gasteiger partial charge in [0, 0.05) is 43.0 Å². The topological polar surface area (TPSA) is 376 Å². The number of aryl methyl sites for hydroxylation is 1. The van der Waals surface area contributed by atoms with Gasteiger partial charge in [0.1, 0.15) is 12.1 Å². The molecule has 0 aliphatic heterocycles. The zero-order valence-electron chi connectivity index (χ0n) is 50.5. The number of nitrogens with one attached hydrogen (secondary N) is 7. The zero-order chi connectivity index (χ0) is 65.3. The van der Waals surface area contributed by atoms with Gasteiger partial charge in [-0.1, -0.05) is 99.7 Å². The van der Waals surface area contributed by atoms with Crippen LogP contribution in [0, 0.1) is 12.8 Å². The number of unbranched alkanes of at least 4 members (excludes halogenated alkanes) is 2. The Bertz CT molecular complexity index is 2790. The van der Waals surface area contributed by atoms with Crippen LogP contribution in [0.4, 0.5) is 8.68 Å². The fraction of sp³-hybridized carbons (Fsp3) is 0.492. The Hall–Kier alpha value is -8.39. The number of carboxylic acid groups (broad SMARTS) is 5. The number of rotatable bonds is 32. The van der Waals surface area contributed by atoms with Crippen molar-refractivity contribution in [2.75, 3.05) is 52.9 Å². The summed E-state index contributed by atoms with van der Waals surface area (Å²) in [6.07, 6.45) is 13.4. The number of fused-ring (bicyclic) bond motifs is 2. The Morgan fingerprint density at radius 3 is 1.69 bits per heavy atom. The minimum absolute atomic E-state index is 0.0327. The number of hydrogen-bond acceptors (Lipinski definition) is 13. The lowest BCUT2D eigenvalue weighted by Gasteiger charge is -2.20. The van der Waals surface area contributed by atoms with Gasteiger partial charge in [-0.25, -0.2) is 14.4 Å². The maximum Gasteiger partial charge on any atom is 0.326 e. The highest BCUT2D eigenvalue weighted by Crippen LogP contribution is 2.27. The Morgan fingerprint density at radius 2 is 1.18 bits per heavy atom. The molecule has 87 heavy (non-hydrogen) atoms. The molecule has 0 unspecified atom stereocenters. The molecule has 1 aliphatic rings. The maximum absolute atomic E-state index is 12.3. The number of urea groups is 1. The minimum Gasteiger partial charge on any atom is -0.481 e. The lowest BCUT2D eigenvalue weighted by Crippen LogP contribution is -2.51. The van der Waals surface area contributed by atoms with E-state index in [-0.39, 0.29) is 81.1 Å². The molecule has 1 fully saturated rings. The van der Waals surface area contributed by atoms with Gasteiger partial charge in [0.15, 0.2) is 0 Å². The SMILES string of the molecule is CCCCNC(=O)C(/C=C(\C)CC)=C/C=C(\C)SF.CNC(=O)CNC(=O)CN(CC(=O)O)CC(=O)O.Cc1c2ccccc2cc2ccccc12.O=C(O)CCC[C@H](NC(=O)N[C@@H](CCCCNC(=O)CNC(=O)C1CCCCC1)C(=O)O)C(=O)O. The highest BCUT2D eigenvalue weighted by Gasteiger charge is 2.25. The van der Waals surface area contributed by atoms with Gasteiger partial charge < -0.3 is 62.8 Å². The monoisotopic (exact) mass is 1240 g/mol. The number of aliphatic carboxylic acids is 5. The van der Waals surface area contributed by atoms with Crippen LogP contribution < -0.4 is 37.2 Å². The number of carbonyl (C=O) groups excluding carboxylic acids is 6. The second kappa shape index (κ2) is 44.1. The van der Waals surface area contributed by atoms with Gasteiger partial charge in [0.25, 0.3) is 5.91 Å². The highest BCUT2D eigenvalue weighted by molar-refractivity contribution is 7.98. The van der Waals surface area contributed by atoms with E-state index in [1.54, 1.807) is 19.1 Å². The number of hydrogen-bond donors (Lipinski definition) is 12. The number of nitrogens with zero attached hydrogens (tertiary/aromatic N) is 1. The molecule has 0 spiro atoms. The summed E-state index contributed by atoms with van der Waals surface area (Å²) in [5, 5.41) is 66.5. The minimum atomic E-state index is -1.36. The average molecular weight is 1240 g/mol. The standard InChI is InChI=1S/C22H36N4O9.C15H24FNOS.C15H12.C9H15N3O6/c27-17(13-24-19(30)14-7-2-1-3-8-14)23-12-5-4-9-15(20(31)32)25-22(35)26-16(21(33)34)10-6-11-18(28)29;1-5-7-10-17-15(18)14(11-12(3)6-2)9-8-13(4)19-16;1-11-14-8-4-2-6-12(14)10-13-7-3-5-9-15(11)13;1-10-6(13)2-11-7(14)3-12(4-8(15)16)5-9(17)18/h14-16H,1-13H2,(H,23,27)(H,24,30)(H,28,29)(H,31,32)(H,33,34)(H2,25,26,35);8-9,11H,5-7,10H2,1-4H3,(H,17,18);2-10H,1H3;2-5H2,1H3,(H,10,13)(H,11,14)(H,15,16)(H,17,18)/b;12-11+,13-8+,14-9+;;/t15-,16-;;;/m0.../s1. The van der Waals surface area contributed by atoms with Gasteiger partial charge in [0.05, 0.1) is 44.9 Å². The summed E-state index contributed by atoms with van der Waals surface area (Å²) >= 11 is 0.189. The van der Waals surface area contributed by atoms with Crippen molar-refractivity contribution in [1.82, 2.24) is 42.1 Å². The van der Waals surface area contributed by atoms with E-state index in [1.165, 1.54) is 34.2 Å². The molecule has 0 radical (unpaired) electrons. The van der Waals surface area contributed by atoms with E-state index in [0.717, 1.165) is 61.8 Å². The van der Waals surface area contributed by atoms with Crippen LogP contribution in [0.15, 0.2) is 88.9 Å². The van der Waals surface area contributed by atoms with Gasteiger partial charge in [-0.2, -0.15) is 3.89 Å². The molecular formula is C61H87FN8O16S. The van der Waals surface area contributed by atoms with Crippen molar-refractivity contribution in [3.63, 3.8) is 0 Å². The van der Waals surface area contributed by atoms with Crippen LogP contribution >= 0.6 is 12.1 Å². The van der Waals surface area contributed by atoms with Crippen LogP contribution in [0.25, 0.3) is 21.5 Å². The third-order valence-electron chi connectivity index (χ3n) is 13.2. The fourth-order valence-electron chi connectivity index (χ4n) is 8.36. The zero-order valence-corrected chi connectivity index (χ0v) is 51.3. The van der Waals surface area contributed by atoms with E-state index in [9.17, 15) is 61.7 Å². The Balaban J connectivity index is 0.000000618. The second-order valence-electron chi connectivity index (χ2n) is 20.3. The Morgan fingerprint density at radius 1 is 0.644 bits per heavy atom. The van der Waals surface area contributed by atoms with Crippen molar-refractivity contribution in [3.8, 4) is 0 Å². The molecular weight excluding hydrogens is 1150 g/mol. The first-order valence-corrected chi connectivity index (χ1v) is 29.5. The molecule has 1 aliphatic carbocycles. The number of carbonyl (C=O) groups is 11. The summed E-state index contributed by atoms with van der Waals surface area (Å²) in [6.45, 7) is 8.99. The molecule has 24 nitrogen and oxygen atoms in total. The van der Waals surface area contributed by atoms with Gasteiger partial charge in [-0.15, -0.1) is 0 Å². The largest absolute Gasteiger partial charge is 0.481 e. The molecule has 26 heteroatoms. The summed E-state index contributed by atoms with van der Waals surface area (Å²) in [7, 11) is 1.40. The Labute approximate surface area is 511 Å². The molecule has 3 aromatic carbocycles. The predicted molar refractivity (Wildman–Crippen MR) is 330 cm³/mol. The summed E-state index contributed by atoms with van der Waals surface area (Å²) in [5.41, 5.74) is 3.07. The quantitative estimate of drug-likeness (QED) is 0.0133. The van der Waals surface area contributed by atoms with Gasteiger partial charge in [0.2, 0.25) is 23.6 Å². The van der Waals surface area contributed by atoms with Crippen molar-refractivity contribution in [1.29, 1.82) is 0 Å². The predicted octanol–water partition coefficient (Wildman–Crippen LogP) is 6.76. The average Bonchev–Trinajstić information content (AvgIpc) is 1.71. The first-order valence-electron chi connectivity index (χ1n) is 28.8. The van der Waals surface area contributed by atoms with Crippen molar-refractivity contribution >= 4 is 99.1 Å². The van der Waals surface area contributed by atoms with E-state index in [4.69, 9.17) is 20.4 Å². The van der Waals surface area contributed by atoms with Crippen LogP contribution in [0.5, 0.6) is 0 Å². The van der Waals surface area contributed by atoms with Gasteiger partial charge >= 0.3 is 35.9 Å². The van der Waals surface area contributed by atoms with Crippen LogP contribution in [0.2, 0.25) is 0 Å². The molecule has 4 rings (SSSR count). The van der Waals surface area contributed by atoms with Gasteiger partial charge in [-0.3, -0.25) is 43.3 Å². The third-order valence-corrected chi connectivity index (χ3v) is 13.6. The summed E-state index contributed by atoms with van der Waals surface area (Å²) in [6, 6.07) is 15.8. The molecule has 0 saturated heterocycles. The Kier molecular flexibility index (Phi) is 38.9. The second-order valence-corrected chi connectivity index (χ2v) is 21.1. The first kappa shape index (κ1) is 76.6. The van der Waals surface area contributed by atoms with E-state index >= 15 is 0 Å². The number of halogens is 1. The molecule has 0 aromatic heterocycles. The number of carboxylic acids is 5. The lowest BCUT2D eigenvalue weighted by atomic mass is 9.89.